The molecule has 0 saturated heterocycles. The molecular formula is C16H14FN3O. The number of carbonyl (C=O) groups excluding carboxylic acids is 1. The Morgan fingerprint density at radius 1 is 1.19 bits per heavy atom. The molecule has 3 rings (SSSR count). The molecule has 0 atom stereocenters. The van der Waals surface area contributed by atoms with Crippen molar-refractivity contribution < 1.29 is 9.18 Å². The minimum Gasteiger partial charge on any atom is -0.337 e. The van der Waals surface area contributed by atoms with Gasteiger partial charge in [0, 0.05) is 12.6 Å². The molecule has 0 aliphatic carbocycles. The molecule has 1 N–H and O–H groups in total. The van der Waals surface area contributed by atoms with Crippen LogP contribution >= 0.6 is 0 Å². The van der Waals surface area contributed by atoms with Gasteiger partial charge in [0.1, 0.15) is 12.1 Å². The molecule has 1 aromatic heterocycles. The highest BCUT2D eigenvalue weighted by Gasteiger charge is 2.09. The summed E-state index contributed by atoms with van der Waals surface area (Å²) in [7, 11) is 0. The number of halogens is 1. The summed E-state index contributed by atoms with van der Waals surface area (Å²) >= 11 is 0. The fraction of sp³-hybridized carbons (Fsp3) is 0.125. The van der Waals surface area contributed by atoms with Gasteiger partial charge < -0.3 is 5.32 Å². The SMILES string of the molecule is O=C(NCCc1ccccc1)n1cnc2cc(F)ccc21. The van der Waals surface area contributed by atoms with Crippen LogP contribution < -0.4 is 5.32 Å². The lowest BCUT2D eigenvalue weighted by Crippen LogP contribution is -2.29. The average molecular weight is 283 g/mol. The van der Waals surface area contributed by atoms with Crippen molar-refractivity contribution in [3.8, 4) is 0 Å². The van der Waals surface area contributed by atoms with Crippen LogP contribution in [0.3, 0.4) is 0 Å². The highest BCUT2D eigenvalue weighted by atomic mass is 19.1. The first kappa shape index (κ1) is 13.3. The van der Waals surface area contributed by atoms with Gasteiger partial charge in [-0.3, -0.25) is 4.57 Å². The predicted octanol–water partition coefficient (Wildman–Crippen LogP) is 2.98. The van der Waals surface area contributed by atoms with Crippen molar-refractivity contribution in [2.24, 2.45) is 0 Å². The van der Waals surface area contributed by atoms with E-state index in [2.05, 4.69) is 10.3 Å². The van der Waals surface area contributed by atoms with E-state index in [1.165, 1.54) is 23.0 Å². The molecule has 0 saturated carbocycles. The molecule has 2 aromatic carbocycles. The van der Waals surface area contributed by atoms with E-state index < -0.39 is 0 Å². The third-order valence-corrected chi connectivity index (χ3v) is 3.26. The van der Waals surface area contributed by atoms with Crippen molar-refractivity contribution in [2.45, 2.75) is 6.42 Å². The molecule has 0 unspecified atom stereocenters. The number of hydrogen-bond donors (Lipinski definition) is 1. The number of fused-ring (bicyclic) bond motifs is 1. The summed E-state index contributed by atoms with van der Waals surface area (Å²) in [5.74, 6) is -0.364. The van der Waals surface area contributed by atoms with E-state index in [1.54, 1.807) is 6.07 Å². The first-order chi connectivity index (χ1) is 10.2. The maximum atomic E-state index is 13.1. The molecule has 0 bridgehead atoms. The average Bonchev–Trinajstić information content (AvgIpc) is 2.91. The molecule has 4 nitrogen and oxygen atoms in total. The van der Waals surface area contributed by atoms with E-state index in [0.29, 0.717) is 17.6 Å². The molecule has 3 aromatic rings. The van der Waals surface area contributed by atoms with E-state index in [-0.39, 0.29) is 11.8 Å². The Morgan fingerprint density at radius 2 is 2.00 bits per heavy atom. The number of amides is 1. The summed E-state index contributed by atoms with van der Waals surface area (Å²) in [4.78, 5) is 16.1. The topological polar surface area (TPSA) is 46.9 Å². The minimum absolute atomic E-state index is 0.264. The van der Waals surface area contributed by atoms with Gasteiger partial charge in [0.2, 0.25) is 0 Å². The van der Waals surface area contributed by atoms with E-state index in [0.717, 1.165) is 12.0 Å². The Bertz CT molecular complexity index is 768. The molecule has 106 valence electrons. The van der Waals surface area contributed by atoms with Gasteiger partial charge in [0.15, 0.2) is 0 Å². The van der Waals surface area contributed by atoms with Crippen LogP contribution in [0.2, 0.25) is 0 Å². The van der Waals surface area contributed by atoms with Gasteiger partial charge >= 0.3 is 6.03 Å². The lowest BCUT2D eigenvalue weighted by molar-refractivity contribution is 0.243. The van der Waals surface area contributed by atoms with Gasteiger partial charge in [-0.05, 0) is 24.1 Å². The number of carbonyl (C=O) groups is 1. The molecule has 0 aliphatic rings. The van der Waals surface area contributed by atoms with Gasteiger partial charge in [-0.1, -0.05) is 30.3 Å². The fourth-order valence-corrected chi connectivity index (χ4v) is 2.19. The van der Waals surface area contributed by atoms with E-state index >= 15 is 0 Å². The van der Waals surface area contributed by atoms with Crippen LogP contribution in [-0.4, -0.2) is 22.1 Å². The van der Waals surface area contributed by atoms with Crippen LogP contribution in [0.4, 0.5) is 9.18 Å². The standard InChI is InChI=1S/C16H14FN3O/c17-13-6-7-15-14(10-13)19-11-20(15)16(21)18-9-8-12-4-2-1-3-5-12/h1-7,10-11H,8-9H2,(H,18,21). The second-order valence-electron chi connectivity index (χ2n) is 4.72. The molecule has 0 spiro atoms. The molecule has 1 amide bonds. The molecular weight excluding hydrogens is 269 g/mol. The maximum Gasteiger partial charge on any atom is 0.327 e. The van der Waals surface area contributed by atoms with Crippen LogP contribution in [-0.2, 0) is 6.42 Å². The zero-order valence-electron chi connectivity index (χ0n) is 11.3. The number of imidazole rings is 1. The Labute approximate surface area is 121 Å². The highest BCUT2D eigenvalue weighted by Crippen LogP contribution is 2.13. The summed E-state index contributed by atoms with van der Waals surface area (Å²) in [6, 6.07) is 13.8. The number of hydrogen-bond acceptors (Lipinski definition) is 2. The van der Waals surface area contributed by atoms with Gasteiger partial charge in [-0.2, -0.15) is 0 Å². The van der Waals surface area contributed by atoms with Crippen LogP contribution in [0.25, 0.3) is 11.0 Å². The van der Waals surface area contributed by atoms with E-state index in [4.69, 9.17) is 0 Å². The summed E-state index contributed by atoms with van der Waals surface area (Å²) in [5, 5.41) is 2.83. The quantitative estimate of drug-likeness (QED) is 0.803. The Hall–Kier alpha value is -2.69. The highest BCUT2D eigenvalue weighted by molar-refractivity contribution is 5.89. The second kappa shape index (κ2) is 5.75. The van der Waals surface area contributed by atoms with Crippen molar-refractivity contribution >= 4 is 17.1 Å². The summed E-state index contributed by atoms with van der Waals surface area (Å²) < 4.78 is 14.5. The Morgan fingerprint density at radius 3 is 2.81 bits per heavy atom. The Kier molecular flexibility index (Phi) is 3.64. The van der Waals surface area contributed by atoms with Crippen LogP contribution in [0.1, 0.15) is 5.56 Å². The number of nitrogens with one attached hydrogen (secondary N) is 1. The number of nitrogens with zero attached hydrogens (tertiary/aromatic N) is 2. The van der Waals surface area contributed by atoms with Crippen molar-refractivity contribution in [3.05, 3.63) is 66.2 Å². The lowest BCUT2D eigenvalue weighted by atomic mass is 10.1. The summed E-state index contributed by atoms with van der Waals surface area (Å²) in [5.41, 5.74) is 2.22. The van der Waals surface area contributed by atoms with Gasteiger partial charge in [0.05, 0.1) is 11.0 Å². The molecule has 21 heavy (non-hydrogen) atoms. The van der Waals surface area contributed by atoms with Crippen molar-refractivity contribution in [2.75, 3.05) is 6.54 Å². The first-order valence-electron chi connectivity index (χ1n) is 6.69. The number of rotatable bonds is 3. The number of aromatic nitrogens is 2. The van der Waals surface area contributed by atoms with Crippen molar-refractivity contribution in [1.82, 2.24) is 14.9 Å². The summed E-state index contributed by atoms with van der Waals surface area (Å²) in [6.07, 6.45) is 2.16. The largest absolute Gasteiger partial charge is 0.337 e. The van der Waals surface area contributed by atoms with Crippen LogP contribution in [0.15, 0.2) is 54.9 Å². The van der Waals surface area contributed by atoms with E-state index in [9.17, 15) is 9.18 Å². The smallest absolute Gasteiger partial charge is 0.327 e. The molecule has 1 heterocycles. The van der Waals surface area contributed by atoms with Gasteiger partial charge in [-0.15, -0.1) is 0 Å². The lowest BCUT2D eigenvalue weighted by Gasteiger charge is -2.06. The fourth-order valence-electron chi connectivity index (χ4n) is 2.19. The zero-order valence-corrected chi connectivity index (χ0v) is 11.3. The van der Waals surface area contributed by atoms with Gasteiger partial charge in [-0.25, -0.2) is 14.2 Å². The van der Waals surface area contributed by atoms with Crippen molar-refractivity contribution in [1.29, 1.82) is 0 Å². The Balaban J connectivity index is 1.67. The van der Waals surface area contributed by atoms with Crippen LogP contribution in [0, 0.1) is 5.82 Å². The summed E-state index contributed by atoms with van der Waals surface area (Å²) in [6.45, 7) is 0.531. The molecule has 0 aliphatic heterocycles. The third kappa shape index (κ3) is 2.91. The van der Waals surface area contributed by atoms with Crippen molar-refractivity contribution in [3.63, 3.8) is 0 Å². The zero-order chi connectivity index (χ0) is 14.7. The maximum absolute atomic E-state index is 13.1. The van der Waals surface area contributed by atoms with E-state index in [1.807, 2.05) is 30.3 Å². The normalized spacial score (nSPS) is 10.7. The van der Waals surface area contributed by atoms with Gasteiger partial charge in [0.25, 0.3) is 0 Å². The number of benzene rings is 2. The third-order valence-electron chi connectivity index (χ3n) is 3.26. The second-order valence-corrected chi connectivity index (χ2v) is 4.72. The minimum atomic E-state index is -0.364. The monoisotopic (exact) mass is 283 g/mol. The molecule has 0 radical (unpaired) electrons. The molecule has 5 heteroatoms. The van der Waals surface area contributed by atoms with Crippen LogP contribution in [0.5, 0.6) is 0 Å². The first-order valence-corrected chi connectivity index (χ1v) is 6.69. The predicted molar refractivity (Wildman–Crippen MR) is 78.6 cm³/mol. The molecule has 0 fully saturated rings.